The normalized spacial score (nSPS) is 22.9. The molecule has 0 saturated carbocycles. The molecule has 0 radical (unpaired) electrons. The molecule has 0 spiro atoms. The average Bonchev–Trinajstić information content (AvgIpc) is 3.65. The van der Waals surface area contributed by atoms with Crippen LogP contribution in [-0.2, 0) is 0 Å². The second kappa shape index (κ2) is 13.4. The molecule has 9 rings (SSSR count). The van der Waals surface area contributed by atoms with Crippen molar-refractivity contribution in [2.24, 2.45) is 11.8 Å². The molecule has 246 valence electrons. The van der Waals surface area contributed by atoms with Gasteiger partial charge < -0.3 is 10.6 Å². The predicted octanol–water partition coefficient (Wildman–Crippen LogP) is 7.63. The van der Waals surface area contributed by atoms with E-state index >= 15 is 0 Å². The van der Waals surface area contributed by atoms with Crippen LogP contribution in [0.5, 0.6) is 0 Å². The number of allylic oxidation sites excluding steroid dienone is 3. The van der Waals surface area contributed by atoms with Crippen LogP contribution >= 0.6 is 7.92 Å². The van der Waals surface area contributed by atoms with Crippen molar-refractivity contribution in [3.05, 3.63) is 165 Å². The second-order valence-electron chi connectivity index (χ2n) is 13.7. The van der Waals surface area contributed by atoms with Crippen LogP contribution in [0.3, 0.4) is 0 Å². The smallest absolute Gasteiger partial charge is 0.253 e. The third-order valence-corrected chi connectivity index (χ3v) is 13.6. The molecule has 6 atom stereocenters. The lowest BCUT2D eigenvalue weighted by atomic mass is 9.72. The highest BCUT2D eigenvalue weighted by atomic mass is 31.1. The Hall–Kier alpha value is -4.57. The van der Waals surface area contributed by atoms with Crippen molar-refractivity contribution in [2.45, 2.75) is 44.3 Å². The van der Waals surface area contributed by atoms with E-state index in [-0.39, 0.29) is 18.1 Å². The van der Waals surface area contributed by atoms with Gasteiger partial charge in [-0.15, -0.1) is 6.58 Å². The van der Waals surface area contributed by atoms with Gasteiger partial charge in [-0.1, -0.05) is 121 Å². The Morgan fingerprint density at radius 3 is 2.16 bits per heavy atom. The Morgan fingerprint density at radius 1 is 0.837 bits per heavy atom. The van der Waals surface area contributed by atoms with E-state index in [0.717, 1.165) is 25.9 Å². The maximum atomic E-state index is 13.4. The topological polar surface area (TPSA) is 61.4 Å². The first kappa shape index (κ1) is 31.7. The van der Waals surface area contributed by atoms with Crippen LogP contribution in [0.4, 0.5) is 11.4 Å². The summed E-state index contributed by atoms with van der Waals surface area (Å²) in [5, 5.41) is 13.5. The van der Waals surface area contributed by atoms with E-state index in [1.807, 2.05) is 0 Å². The van der Waals surface area contributed by atoms with Gasteiger partial charge in [0, 0.05) is 18.6 Å². The summed E-state index contributed by atoms with van der Waals surface area (Å²) in [4.78, 5) is 29.3. The lowest BCUT2D eigenvalue weighted by Crippen LogP contribution is -2.56. The van der Waals surface area contributed by atoms with Gasteiger partial charge in [0.2, 0.25) is 0 Å². The molecular formula is C43H42N3O2P. The minimum atomic E-state index is -0.788. The number of benzene rings is 4. The standard InChI is InChI=1S/C43H42N3O2P/c1-3-29-27-46-25-24-31(29)26-37(46)39(36-22-12-15-30-14-10-11-20-35(30)36)45-41-40(42(47)43(41)48)44-28(2)34-21-13-23-38(34)49(32-16-6-4-7-17-32)33-18-8-5-9-19-33/h3-20,22-23,28-29,31,37,39,44-45H,1,21,24-27H2,2H3/t28-,29?,31?,37?,39?/m1/s1. The van der Waals surface area contributed by atoms with E-state index in [1.165, 1.54) is 44.3 Å². The number of nitrogens with zero attached hydrogens (tertiary/aromatic N) is 1. The number of hydrogen-bond acceptors (Lipinski definition) is 5. The number of rotatable bonds is 11. The zero-order valence-electron chi connectivity index (χ0n) is 27.9. The molecule has 1 aliphatic carbocycles. The number of fused-ring (bicyclic) bond motifs is 4. The molecule has 0 aromatic heterocycles. The molecule has 5 nitrogen and oxygen atoms in total. The van der Waals surface area contributed by atoms with Gasteiger partial charge >= 0.3 is 0 Å². The lowest BCUT2D eigenvalue weighted by Gasteiger charge is -2.52. The minimum absolute atomic E-state index is 0.134. The van der Waals surface area contributed by atoms with E-state index in [1.54, 1.807) is 0 Å². The van der Waals surface area contributed by atoms with E-state index < -0.39 is 18.8 Å². The summed E-state index contributed by atoms with van der Waals surface area (Å²) < 4.78 is 0. The van der Waals surface area contributed by atoms with Crippen molar-refractivity contribution in [1.82, 2.24) is 4.90 Å². The Bertz CT molecular complexity index is 2090. The first-order chi connectivity index (χ1) is 24.0. The largest absolute Gasteiger partial charge is 0.374 e. The van der Waals surface area contributed by atoms with Crippen molar-refractivity contribution in [1.29, 1.82) is 0 Å². The molecule has 6 heteroatoms. The molecule has 0 amide bonds. The molecule has 3 heterocycles. The quantitative estimate of drug-likeness (QED) is 0.0865. The zero-order valence-corrected chi connectivity index (χ0v) is 28.8. The van der Waals surface area contributed by atoms with Gasteiger partial charge in [-0.25, -0.2) is 0 Å². The fourth-order valence-electron chi connectivity index (χ4n) is 8.46. The third-order valence-electron chi connectivity index (χ3n) is 11.0. The Balaban J connectivity index is 1.14. The molecule has 3 fully saturated rings. The van der Waals surface area contributed by atoms with E-state index in [9.17, 15) is 9.59 Å². The first-order valence-corrected chi connectivity index (χ1v) is 18.9. The molecule has 2 bridgehead atoms. The molecular weight excluding hydrogens is 621 g/mol. The molecule has 5 aromatic rings. The van der Waals surface area contributed by atoms with Gasteiger partial charge in [0.25, 0.3) is 10.9 Å². The minimum Gasteiger partial charge on any atom is -0.374 e. The summed E-state index contributed by atoms with van der Waals surface area (Å²) in [5.74, 6) is 1.06. The van der Waals surface area contributed by atoms with E-state index in [4.69, 9.17) is 0 Å². The summed E-state index contributed by atoms with van der Waals surface area (Å²) in [7, 11) is -0.788. The summed E-state index contributed by atoms with van der Waals surface area (Å²) in [6, 6.07) is 36.2. The predicted molar refractivity (Wildman–Crippen MR) is 206 cm³/mol. The number of piperidine rings is 3. The fraction of sp³-hybridized carbons (Fsp3) is 0.256. The molecule has 2 N–H and O–H groups in total. The van der Waals surface area contributed by atoms with E-state index in [0.29, 0.717) is 23.2 Å². The summed E-state index contributed by atoms with van der Waals surface area (Å²) >= 11 is 0. The maximum absolute atomic E-state index is 13.4. The molecule has 5 aromatic carbocycles. The second-order valence-corrected chi connectivity index (χ2v) is 15.9. The SMILES string of the molecule is C=CC1CN2CCC1CC2C(Nc1c(N[C@H](C)C2=C(P(c3ccccc3)c3ccccc3)C=CC2)c(=O)c1=O)c1cccc2ccccc12. The van der Waals surface area contributed by atoms with Gasteiger partial charge in [-0.3, -0.25) is 14.5 Å². The number of nitrogens with one attached hydrogen (secondary N) is 2. The van der Waals surface area contributed by atoms with Gasteiger partial charge in [-0.2, -0.15) is 0 Å². The summed E-state index contributed by atoms with van der Waals surface area (Å²) in [5.41, 5.74) is 2.37. The third kappa shape index (κ3) is 5.79. The molecule has 49 heavy (non-hydrogen) atoms. The number of anilines is 2. The summed E-state index contributed by atoms with van der Waals surface area (Å²) in [6.45, 7) is 8.27. The van der Waals surface area contributed by atoms with Gasteiger partial charge in [0.15, 0.2) is 0 Å². The highest BCUT2D eigenvalue weighted by Gasteiger charge is 2.43. The van der Waals surface area contributed by atoms with Crippen LogP contribution in [0.25, 0.3) is 10.8 Å². The number of hydrogen-bond donors (Lipinski definition) is 2. The van der Waals surface area contributed by atoms with Crippen molar-refractivity contribution in [3.63, 3.8) is 0 Å². The van der Waals surface area contributed by atoms with Gasteiger partial charge in [-0.05, 0) is 90.3 Å². The first-order valence-electron chi connectivity index (χ1n) is 17.5. The van der Waals surface area contributed by atoms with Crippen molar-refractivity contribution in [3.8, 4) is 0 Å². The Labute approximate surface area is 289 Å². The van der Waals surface area contributed by atoms with Crippen molar-refractivity contribution >= 4 is 40.7 Å². The van der Waals surface area contributed by atoms with Crippen LogP contribution in [0.2, 0.25) is 0 Å². The van der Waals surface area contributed by atoms with Crippen LogP contribution in [0.15, 0.2) is 148 Å². The monoisotopic (exact) mass is 663 g/mol. The van der Waals surface area contributed by atoms with E-state index in [2.05, 4.69) is 150 Å². The highest BCUT2D eigenvalue weighted by Crippen LogP contribution is 2.49. The molecule has 3 aliphatic heterocycles. The summed E-state index contributed by atoms with van der Waals surface area (Å²) in [6.07, 6.45) is 9.61. The van der Waals surface area contributed by atoms with Crippen LogP contribution < -0.4 is 32.1 Å². The van der Waals surface area contributed by atoms with Crippen molar-refractivity contribution < 1.29 is 0 Å². The Morgan fingerprint density at radius 2 is 1.49 bits per heavy atom. The molecule has 5 unspecified atom stereocenters. The fourth-order valence-corrected chi connectivity index (χ4v) is 11.1. The van der Waals surface area contributed by atoms with Crippen molar-refractivity contribution in [2.75, 3.05) is 23.7 Å². The van der Waals surface area contributed by atoms with Crippen LogP contribution in [0.1, 0.15) is 37.8 Å². The average molecular weight is 664 g/mol. The van der Waals surface area contributed by atoms with Crippen LogP contribution in [-0.4, -0.2) is 30.1 Å². The highest BCUT2D eigenvalue weighted by molar-refractivity contribution is 7.77. The Kier molecular flexibility index (Phi) is 8.65. The maximum Gasteiger partial charge on any atom is 0.253 e. The zero-order chi connectivity index (χ0) is 33.5. The molecule has 4 aliphatic rings. The van der Waals surface area contributed by atoms with Gasteiger partial charge in [0.1, 0.15) is 11.4 Å². The van der Waals surface area contributed by atoms with Gasteiger partial charge in [0.05, 0.1) is 6.04 Å². The van der Waals surface area contributed by atoms with Crippen LogP contribution in [0, 0.1) is 11.8 Å². The lowest BCUT2D eigenvalue weighted by molar-refractivity contribution is 0.0105. The molecule has 3 saturated heterocycles.